The van der Waals surface area contributed by atoms with Crippen molar-refractivity contribution in [2.24, 2.45) is 0 Å². The Kier molecular flexibility index (Phi) is 8.51. The minimum absolute atomic E-state index is 0.0331. The minimum atomic E-state index is -4.22. The predicted octanol–water partition coefficient (Wildman–Crippen LogP) is 3.41. The van der Waals surface area contributed by atoms with Crippen molar-refractivity contribution in [2.45, 2.75) is 11.8 Å². The number of esters is 2. The zero-order valence-electron chi connectivity index (χ0n) is 20.7. The van der Waals surface area contributed by atoms with E-state index in [0.29, 0.717) is 0 Å². The number of carbonyl (C=O) groups is 3. The van der Waals surface area contributed by atoms with Gasteiger partial charge < -0.3 is 19.5 Å². The number of aryl methyl sites for hydroxylation is 1. The van der Waals surface area contributed by atoms with Crippen molar-refractivity contribution >= 4 is 39.2 Å². The molecule has 0 heterocycles. The number of hydrogen-bond donors (Lipinski definition) is 1. The van der Waals surface area contributed by atoms with Crippen LogP contribution in [0.15, 0.2) is 71.6 Å². The molecule has 0 unspecified atom stereocenters. The molecule has 0 saturated carbocycles. The molecule has 0 atom stereocenters. The van der Waals surface area contributed by atoms with Crippen LogP contribution in [-0.2, 0) is 24.3 Å². The van der Waals surface area contributed by atoms with Gasteiger partial charge in [0.1, 0.15) is 12.3 Å². The second-order valence-electron chi connectivity index (χ2n) is 7.79. The Labute approximate surface area is 214 Å². The summed E-state index contributed by atoms with van der Waals surface area (Å²) >= 11 is 0. The average molecular weight is 527 g/mol. The summed E-state index contributed by atoms with van der Waals surface area (Å²) in [5.41, 5.74) is 0.878. The molecule has 0 aliphatic heterocycles. The molecule has 1 amide bonds. The third-order valence-electron chi connectivity index (χ3n) is 5.34. The normalized spacial score (nSPS) is 10.8. The molecule has 1 N–H and O–H groups in total. The number of methoxy groups -OCH3 is 3. The zero-order chi connectivity index (χ0) is 27.2. The minimum Gasteiger partial charge on any atom is -0.495 e. The van der Waals surface area contributed by atoms with Crippen LogP contribution in [0.1, 0.15) is 26.3 Å². The van der Waals surface area contributed by atoms with E-state index in [0.717, 1.165) is 9.87 Å². The third-order valence-corrected chi connectivity index (χ3v) is 7.12. The van der Waals surface area contributed by atoms with Crippen LogP contribution < -0.4 is 14.4 Å². The Morgan fingerprint density at radius 2 is 1.54 bits per heavy atom. The molecule has 0 bridgehead atoms. The van der Waals surface area contributed by atoms with Crippen molar-refractivity contribution in [3.05, 3.63) is 83.4 Å². The van der Waals surface area contributed by atoms with Crippen LogP contribution in [0.5, 0.6) is 5.75 Å². The van der Waals surface area contributed by atoms with Gasteiger partial charge in [-0.3, -0.25) is 9.10 Å². The van der Waals surface area contributed by atoms with Gasteiger partial charge in [-0.15, -0.1) is 0 Å². The average Bonchev–Trinajstić information content (AvgIpc) is 2.91. The molecule has 194 valence electrons. The largest absolute Gasteiger partial charge is 0.495 e. The predicted molar refractivity (Wildman–Crippen MR) is 136 cm³/mol. The van der Waals surface area contributed by atoms with Gasteiger partial charge in [0.25, 0.3) is 10.0 Å². The Bertz CT molecular complexity index is 1420. The second kappa shape index (κ2) is 11.6. The maximum atomic E-state index is 13.7. The molecule has 3 aromatic rings. The SMILES string of the molecule is COC(=O)c1ccc(C(=O)OC)c(NC(=O)CN(c2cc(C)ccc2OC)S(=O)(=O)c2ccccc2)c1. The number of benzene rings is 3. The lowest BCUT2D eigenvalue weighted by molar-refractivity contribution is -0.114. The molecular formula is C26H26N2O8S. The lowest BCUT2D eigenvalue weighted by Crippen LogP contribution is -2.38. The molecular weight excluding hydrogens is 500 g/mol. The molecule has 0 aromatic heterocycles. The number of ether oxygens (including phenoxy) is 3. The Morgan fingerprint density at radius 1 is 0.865 bits per heavy atom. The summed E-state index contributed by atoms with van der Waals surface area (Å²) in [6.07, 6.45) is 0. The van der Waals surface area contributed by atoms with Gasteiger partial charge in [-0.2, -0.15) is 0 Å². The number of amides is 1. The molecule has 0 saturated heterocycles. The van der Waals surface area contributed by atoms with E-state index < -0.39 is 34.4 Å². The number of nitrogens with zero attached hydrogens (tertiary/aromatic N) is 1. The fourth-order valence-electron chi connectivity index (χ4n) is 3.51. The van der Waals surface area contributed by atoms with Gasteiger partial charge in [-0.1, -0.05) is 24.3 Å². The summed E-state index contributed by atoms with van der Waals surface area (Å²) in [6.45, 7) is 1.11. The fraction of sp³-hybridized carbons (Fsp3) is 0.192. The summed E-state index contributed by atoms with van der Waals surface area (Å²) in [5.74, 6) is -2.00. The molecule has 0 spiro atoms. The van der Waals surface area contributed by atoms with E-state index in [4.69, 9.17) is 14.2 Å². The number of nitrogens with one attached hydrogen (secondary N) is 1. The van der Waals surface area contributed by atoms with Crippen molar-refractivity contribution in [1.82, 2.24) is 0 Å². The van der Waals surface area contributed by atoms with E-state index in [-0.39, 0.29) is 33.1 Å². The van der Waals surface area contributed by atoms with Crippen LogP contribution in [0.3, 0.4) is 0 Å². The van der Waals surface area contributed by atoms with E-state index >= 15 is 0 Å². The molecule has 37 heavy (non-hydrogen) atoms. The van der Waals surface area contributed by atoms with Gasteiger partial charge in [0.2, 0.25) is 5.91 Å². The molecule has 3 rings (SSSR count). The highest BCUT2D eigenvalue weighted by Crippen LogP contribution is 2.33. The van der Waals surface area contributed by atoms with Crippen molar-refractivity contribution < 1.29 is 37.0 Å². The summed E-state index contributed by atoms with van der Waals surface area (Å²) in [4.78, 5) is 37.5. The zero-order valence-corrected chi connectivity index (χ0v) is 21.5. The van der Waals surface area contributed by atoms with Crippen molar-refractivity contribution in [1.29, 1.82) is 0 Å². The Hall–Kier alpha value is -4.38. The van der Waals surface area contributed by atoms with Crippen LogP contribution in [0.2, 0.25) is 0 Å². The molecule has 0 aliphatic rings. The first-order valence-corrected chi connectivity index (χ1v) is 12.4. The number of hydrogen-bond acceptors (Lipinski definition) is 8. The van der Waals surface area contributed by atoms with Gasteiger partial charge in [0.15, 0.2) is 0 Å². The first-order valence-electron chi connectivity index (χ1n) is 10.9. The standard InChI is InChI=1S/C26H26N2O8S/c1-17-10-13-23(34-2)22(14-17)28(37(32,33)19-8-6-5-7-9-19)16-24(29)27-21-15-18(25(30)35-3)11-12-20(21)26(31)36-4/h5-15H,16H2,1-4H3,(H,27,29). The van der Waals surface area contributed by atoms with Gasteiger partial charge in [-0.25, -0.2) is 18.0 Å². The van der Waals surface area contributed by atoms with Crippen molar-refractivity contribution in [2.75, 3.05) is 37.5 Å². The topological polar surface area (TPSA) is 128 Å². The lowest BCUT2D eigenvalue weighted by atomic mass is 10.1. The highest BCUT2D eigenvalue weighted by Gasteiger charge is 2.30. The Morgan fingerprint density at radius 3 is 2.16 bits per heavy atom. The molecule has 10 nitrogen and oxygen atoms in total. The lowest BCUT2D eigenvalue weighted by Gasteiger charge is -2.26. The van der Waals surface area contributed by atoms with E-state index in [1.807, 2.05) is 0 Å². The first-order chi connectivity index (χ1) is 17.6. The molecule has 0 aliphatic carbocycles. The summed E-state index contributed by atoms with van der Waals surface area (Å²) in [7, 11) is -0.472. The van der Waals surface area contributed by atoms with Crippen molar-refractivity contribution in [3.8, 4) is 5.75 Å². The van der Waals surface area contributed by atoms with Gasteiger partial charge in [0, 0.05) is 0 Å². The third kappa shape index (κ3) is 6.07. The van der Waals surface area contributed by atoms with Crippen LogP contribution in [0.25, 0.3) is 0 Å². The summed E-state index contributed by atoms with van der Waals surface area (Å²) in [6, 6.07) is 16.5. The molecule has 0 fully saturated rings. The summed E-state index contributed by atoms with van der Waals surface area (Å²) in [5, 5.41) is 2.53. The summed E-state index contributed by atoms with van der Waals surface area (Å²) < 4.78 is 43.1. The molecule has 11 heteroatoms. The van der Waals surface area contributed by atoms with Crippen LogP contribution in [0.4, 0.5) is 11.4 Å². The fourth-order valence-corrected chi connectivity index (χ4v) is 4.96. The highest BCUT2D eigenvalue weighted by molar-refractivity contribution is 7.92. The van der Waals surface area contributed by atoms with Gasteiger partial charge in [0.05, 0.1) is 48.7 Å². The van der Waals surface area contributed by atoms with E-state index in [1.165, 1.54) is 51.7 Å². The monoisotopic (exact) mass is 526 g/mol. The van der Waals surface area contributed by atoms with Crippen LogP contribution in [0, 0.1) is 6.92 Å². The van der Waals surface area contributed by atoms with Gasteiger partial charge >= 0.3 is 11.9 Å². The Balaban J connectivity index is 2.06. The smallest absolute Gasteiger partial charge is 0.339 e. The van der Waals surface area contributed by atoms with Gasteiger partial charge in [-0.05, 0) is 55.0 Å². The molecule has 3 aromatic carbocycles. The first kappa shape index (κ1) is 27.2. The van der Waals surface area contributed by atoms with E-state index in [1.54, 1.807) is 43.3 Å². The highest BCUT2D eigenvalue weighted by atomic mass is 32.2. The number of anilines is 2. The quantitative estimate of drug-likeness (QED) is 0.420. The van der Waals surface area contributed by atoms with E-state index in [2.05, 4.69) is 5.32 Å². The van der Waals surface area contributed by atoms with Crippen LogP contribution in [-0.4, -0.2) is 54.1 Å². The maximum absolute atomic E-state index is 13.7. The number of carbonyl (C=O) groups excluding carboxylic acids is 3. The molecule has 0 radical (unpaired) electrons. The van der Waals surface area contributed by atoms with Crippen molar-refractivity contribution in [3.63, 3.8) is 0 Å². The van der Waals surface area contributed by atoms with E-state index in [9.17, 15) is 22.8 Å². The maximum Gasteiger partial charge on any atom is 0.339 e. The number of sulfonamides is 1. The number of rotatable bonds is 9. The second-order valence-corrected chi connectivity index (χ2v) is 9.65. The van der Waals surface area contributed by atoms with Crippen LogP contribution >= 0.6 is 0 Å².